The zero-order valence-electron chi connectivity index (χ0n) is 7.74. The van der Waals surface area contributed by atoms with Gasteiger partial charge in [0.05, 0.1) is 0 Å². The van der Waals surface area contributed by atoms with Crippen LogP contribution in [-0.2, 0) is 0 Å². The molecular weight excluding hydrogens is 156 g/mol. The van der Waals surface area contributed by atoms with E-state index < -0.39 is 0 Å². The van der Waals surface area contributed by atoms with Crippen molar-refractivity contribution in [3.05, 3.63) is 59.8 Å². The number of allylic oxidation sites excluding steroid dienone is 10. The third-order valence-corrected chi connectivity index (χ3v) is 2.43. The topological polar surface area (TPSA) is 0 Å². The Kier molecular flexibility index (Phi) is 2.61. The molecule has 0 amide bonds. The Morgan fingerprint density at radius 3 is 2.69 bits per heavy atom. The second-order valence-electron chi connectivity index (χ2n) is 3.36. The minimum Gasteiger partial charge on any atom is -0.0804 e. The fourth-order valence-electron chi connectivity index (χ4n) is 1.74. The molecule has 0 unspecified atom stereocenters. The largest absolute Gasteiger partial charge is 0.0804 e. The lowest BCUT2D eigenvalue weighted by molar-refractivity contribution is 1.05. The molecule has 2 aliphatic rings. The quantitative estimate of drug-likeness (QED) is 0.520. The van der Waals surface area contributed by atoms with Crippen LogP contribution in [0.5, 0.6) is 0 Å². The van der Waals surface area contributed by atoms with Crippen LogP contribution in [0, 0.1) is 0 Å². The van der Waals surface area contributed by atoms with Gasteiger partial charge < -0.3 is 0 Å². The van der Waals surface area contributed by atoms with Gasteiger partial charge in [0.1, 0.15) is 0 Å². The number of hydrogen-bond donors (Lipinski definition) is 0. The minimum atomic E-state index is 1.09. The SMILES string of the molecule is C1=C2C\C=C/C=C\C=C\C=C\2CC1. The molecule has 0 saturated heterocycles. The highest BCUT2D eigenvalue weighted by molar-refractivity contribution is 5.40. The van der Waals surface area contributed by atoms with E-state index in [1.54, 1.807) is 0 Å². The molecule has 0 fully saturated rings. The van der Waals surface area contributed by atoms with E-state index in [4.69, 9.17) is 0 Å². The monoisotopic (exact) mass is 170 g/mol. The van der Waals surface area contributed by atoms with Crippen LogP contribution >= 0.6 is 0 Å². The molecule has 0 atom stereocenters. The lowest BCUT2D eigenvalue weighted by Crippen LogP contribution is -1.81. The Hall–Kier alpha value is -1.30. The van der Waals surface area contributed by atoms with E-state index in [9.17, 15) is 0 Å². The third-order valence-electron chi connectivity index (χ3n) is 2.43. The predicted molar refractivity (Wildman–Crippen MR) is 57.4 cm³/mol. The average Bonchev–Trinajstić information content (AvgIpc) is 2.59. The van der Waals surface area contributed by atoms with Gasteiger partial charge >= 0.3 is 0 Å². The predicted octanol–water partition coefficient (Wildman–Crippen LogP) is 3.71. The summed E-state index contributed by atoms with van der Waals surface area (Å²) < 4.78 is 0. The van der Waals surface area contributed by atoms with Gasteiger partial charge in [0, 0.05) is 0 Å². The fourth-order valence-corrected chi connectivity index (χ4v) is 1.74. The van der Waals surface area contributed by atoms with Gasteiger partial charge in [-0.15, -0.1) is 0 Å². The van der Waals surface area contributed by atoms with Crippen molar-refractivity contribution >= 4 is 0 Å². The first kappa shape index (κ1) is 8.31. The van der Waals surface area contributed by atoms with Crippen molar-refractivity contribution in [3.8, 4) is 0 Å². The molecule has 0 radical (unpaired) electrons. The standard InChI is InChI=1S/C13H14/c1-2-4-6-9-13-11-7-10-12(13)8-5-3-1/h1-6,8,11H,7,9-10H2/b2-1-,5-3+,6-4-,12-8+. The lowest BCUT2D eigenvalue weighted by Gasteiger charge is -2.01. The Morgan fingerprint density at radius 1 is 0.846 bits per heavy atom. The molecular formula is C13H14. The lowest BCUT2D eigenvalue weighted by atomic mass is 10.0. The van der Waals surface area contributed by atoms with Gasteiger partial charge in [0.25, 0.3) is 0 Å². The fraction of sp³-hybridized carbons (Fsp3) is 0.231. The summed E-state index contributed by atoms with van der Waals surface area (Å²) in [5, 5.41) is 0. The Labute approximate surface area is 79.7 Å². The van der Waals surface area contributed by atoms with Crippen LogP contribution in [0.2, 0.25) is 0 Å². The van der Waals surface area contributed by atoms with Crippen LogP contribution in [0.15, 0.2) is 59.8 Å². The molecule has 0 spiro atoms. The average molecular weight is 170 g/mol. The van der Waals surface area contributed by atoms with E-state index in [0.717, 1.165) is 6.42 Å². The zero-order valence-corrected chi connectivity index (χ0v) is 7.74. The van der Waals surface area contributed by atoms with Gasteiger partial charge in [-0.2, -0.15) is 0 Å². The summed E-state index contributed by atoms with van der Waals surface area (Å²) in [4.78, 5) is 0. The maximum atomic E-state index is 2.36. The van der Waals surface area contributed by atoms with E-state index in [1.807, 2.05) is 0 Å². The van der Waals surface area contributed by atoms with Crippen LogP contribution in [0.1, 0.15) is 19.3 Å². The van der Waals surface area contributed by atoms with Crippen molar-refractivity contribution in [1.82, 2.24) is 0 Å². The summed E-state index contributed by atoms with van der Waals surface area (Å²) in [5.74, 6) is 0. The molecule has 0 aliphatic heterocycles. The smallest absolute Gasteiger partial charge is 0.00948 e. The van der Waals surface area contributed by atoms with Gasteiger partial charge in [0.15, 0.2) is 0 Å². The van der Waals surface area contributed by atoms with Crippen LogP contribution in [-0.4, -0.2) is 0 Å². The second-order valence-corrected chi connectivity index (χ2v) is 3.36. The molecule has 66 valence electrons. The van der Waals surface area contributed by atoms with Gasteiger partial charge in [-0.3, -0.25) is 0 Å². The van der Waals surface area contributed by atoms with Gasteiger partial charge in [-0.05, 0) is 30.4 Å². The summed E-state index contributed by atoms with van der Waals surface area (Å²) in [7, 11) is 0. The Bertz CT molecular complexity index is 322. The third kappa shape index (κ3) is 2.09. The van der Waals surface area contributed by atoms with Crippen molar-refractivity contribution < 1.29 is 0 Å². The van der Waals surface area contributed by atoms with Crippen LogP contribution in [0.4, 0.5) is 0 Å². The van der Waals surface area contributed by atoms with E-state index in [2.05, 4.69) is 48.6 Å². The number of rotatable bonds is 0. The highest BCUT2D eigenvalue weighted by Gasteiger charge is 2.08. The molecule has 0 heterocycles. The summed E-state index contributed by atoms with van der Waals surface area (Å²) in [6.45, 7) is 0. The van der Waals surface area contributed by atoms with E-state index in [0.29, 0.717) is 0 Å². The van der Waals surface area contributed by atoms with Gasteiger partial charge in [-0.25, -0.2) is 0 Å². The molecule has 0 bridgehead atoms. The summed E-state index contributed by atoms with van der Waals surface area (Å²) in [6, 6.07) is 0. The Balaban J connectivity index is 2.26. The van der Waals surface area contributed by atoms with Crippen molar-refractivity contribution in [3.63, 3.8) is 0 Å². The van der Waals surface area contributed by atoms with Crippen molar-refractivity contribution in [1.29, 1.82) is 0 Å². The summed E-state index contributed by atoms with van der Waals surface area (Å²) in [6.07, 6.45) is 20.8. The van der Waals surface area contributed by atoms with Crippen LogP contribution in [0.25, 0.3) is 0 Å². The number of hydrogen-bond acceptors (Lipinski definition) is 0. The second kappa shape index (κ2) is 4.08. The summed E-state index contributed by atoms with van der Waals surface area (Å²) >= 11 is 0. The van der Waals surface area contributed by atoms with Crippen LogP contribution in [0.3, 0.4) is 0 Å². The van der Waals surface area contributed by atoms with Crippen molar-refractivity contribution in [2.24, 2.45) is 0 Å². The molecule has 2 aliphatic carbocycles. The molecule has 0 aromatic rings. The van der Waals surface area contributed by atoms with E-state index >= 15 is 0 Å². The molecule has 0 aromatic carbocycles. The van der Waals surface area contributed by atoms with Gasteiger partial charge in [0.2, 0.25) is 0 Å². The van der Waals surface area contributed by atoms with E-state index in [1.165, 1.54) is 24.0 Å². The van der Waals surface area contributed by atoms with Crippen molar-refractivity contribution in [2.45, 2.75) is 19.3 Å². The molecule has 13 heavy (non-hydrogen) atoms. The normalized spacial score (nSPS) is 32.3. The highest BCUT2D eigenvalue weighted by atomic mass is 14.1. The highest BCUT2D eigenvalue weighted by Crippen LogP contribution is 2.27. The minimum absolute atomic E-state index is 1.09. The molecule has 0 heteroatoms. The molecule has 2 rings (SSSR count). The summed E-state index contributed by atoms with van der Waals surface area (Å²) in [5.41, 5.74) is 3.02. The molecule has 0 saturated carbocycles. The molecule has 0 aromatic heterocycles. The first-order valence-corrected chi connectivity index (χ1v) is 4.85. The molecule has 0 nitrogen and oxygen atoms in total. The Morgan fingerprint density at radius 2 is 1.69 bits per heavy atom. The maximum Gasteiger partial charge on any atom is -0.00948 e. The van der Waals surface area contributed by atoms with Gasteiger partial charge in [-0.1, -0.05) is 48.6 Å². The van der Waals surface area contributed by atoms with Crippen molar-refractivity contribution in [2.75, 3.05) is 0 Å². The maximum absolute atomic E-state index is 2.36. The molecule has 0 N–H and O–H groups in total. The number of fused-ring (bicyclic) bond motifs is 1. The van der Waals surface area contributed by atoms with E-state index in [-0.39, 0.29) is 0 Å². The van der Waals surface area contributed by atoms with Crippen LogP contribution < -0.4 is 0 Å². The first-order valence-electron chi connectivity index (χ1n) is 4.85. The first-order chi connectivity index (χ1) is 6.47. The zero-order chi connectivity index (χ0) is 8.93.